The minimum atomic E-state index is 0.419. The fourth-order valence-corrected chi connectivity index (χ4v) is 3.29. The van der Waals surface area contributed by atoms with Gasteiger partial charge in [0.05, 0.1) is 6.10 Å². The Kier molecular flexibility index (Phi) is 5.16. The van der Waals surface area contributed by atoms with Crippen molar-refractivity contribution in [2.24, 2.45) is 5.73 Å². The van der Waals surface area contributed by atoms with Crippen molar-refractivity contribution in [3.8, 4) is 0 Å². The Morgan fingerprint density at radius 2 is 2.35 bits per heavy atom. The van der Waals surface area contributed by atoms with E-state index >= 15 is 0 Å². The Balaban J connectivity index is 1.90. The van der Waals surface area contributed by atoms with Crippen LogP contribution in [0.4, 0.5) is 0 Å². The molecule has 1 aliphatic heterocycles. The summed E-state index contributed by atoms with van der Waals surface area (Å²) in [6.45, 7) is 1.56. The molecule has 0 spiro atoms. The van der Waals surface area contributed by atoms with Gasteiger partial charge >= 0.3 is 0 Å². The van der Waals surface area contributed by atoms with Gasteiger partial charge in [0, 0.05) is 22.3 Å². The zero-order valence-electron chi connectivity index (χ0n) is 9.82. The summed E-state index contributed by atoms with van der Waals surface area (Å²) in [6, 6.07) is 6.23. The molecule has 2 rings (SSSR count). The molecule has 0 amide bonds. The molecule has 0 saturated carbocycles. The number of nitrogens with two attached hydrogens (primary N) is 1. The third kappa shape index (κ3) is 3.88. The number of hydrogen-bond acceptors (Lipinski definition) is 3. The molecule has 1 aromatic rings. The third-order valence-corrected chi connectivity index (χ3v) is 4.38. The Bertz CT molecular complexity index is 366. The standard InChI is InChI=1S/C13H18ClNOS/c14-13-8-12(4-3-10(13)5-6-15)17-9-11-2-1-7-16-11/h3-4,8,11H,1-2,5-7,9,15H2. The van der Waals surface area contributed by atoms with Gasteiger partial charge in [0.2, 0.25) is 0 Å². The van der Waals surface area contributed by atoms with Crippen LogP contribution in [0.1, 0.15) is 18.4 Å². The quantitative estimate of drug-likeness (QED) is 0.836. The van der Waals surface area contributed by atoms with Gasteiger partial charge < -0.3 is 10.5 Å². The van der Waals surface area contributed by atoms with Crippen molar-refractivity contribution in [2.75, 3.05) is 18.9 Å². The van der Waals surface area contributed by atoms with E-state index in [0.717, 1.165) is 29.4 Å². The van der Waals surface area contributed by atoms with Crippen molar-refractivity contribution in [2.45, 2.75) is 30.3 Å². The fourth-order valence-electron chi connectivity index (χ4n) is 1.94. The highest BCUT2D eigenvalue weighted by Crippen LogP contribution is 2.27. The van der Waals surface area contributed by atoms with Gasteiger partial charge in [-0.15, -0.1) is 11.8 Å². The molecule has 1 atom stereocenters. The zero-order valence-corrected chi connectivity index (χ0v) is 11.4. The molecule has 2 nitrogen and oxygen atoms in total. The number of thioether (sulfide) groups is 1. The van der Waals surface area contributed by atoms with E-state index in [-0.39, 0.29) is 0 Å². The minimum absolute atomic E-state index is 0.419. The largest absolute Gasteiger partial charge is 0.377 e. The van der Waals surface area contributed by atoms with Gasteiger partial charge in [-0.05, 0) is 43.5 Å². The number of ether oxygens (including phenoxy) is 1. The van der Waals surface area contributed by atoms with Crippen molar-refractivity contribution >= 4 is 23.4 Å². The summed E-state index contributed by atoms with van der Waals surface area (Å²) in [6.07, 6.45) is 3.64. The highest BCUT2D eigenvalue weighted by atomic mass is 35.5. The first kappa shape index (κ1) is 13.2. The van der Waals surface area contributed by atoms with Crippen LogP contribution in [0.25, 0.3) is 0 Å². The minimum Gasteiger partial charge on any atom is -0.377 e. The third-order valence-electron chi connectivity index (χ3n) is 2.90. The molecule has 4 heteroatoms. The van der Waals surface area contributed by atoms with E-state index in [0.29, 0.717) is 12.6 Å². The lowest BCUT2D eigenvalue weighted by Gasteiger charge is -2.10. The van der Waals surface area contributed by atoms with Gasteiger partial charge in [-0.1, -0.05) is 17.7 Å². The molecule has 0 radical (unpaired) electrons. The van der Waals surface area contributed by atoms with Crippen molar-refractivity contribution in [3.05, 3.63) is 28.8 Å². The molecule has 1 fully saturated rings. The molecule has 0 aliphatic carbocycles. The van der Waals surface area contributed by atoms with E-state index < -0.39 is 0 Å². The van der Waals surface area contributed by atoms with Crippen LogP contribution in [0.15, 0.2) is 23.1 Å². The molecule has 94 valence electrons. The molecule has 17 heavy (non-hydrogen) atoms. The summed E-state index contributed by atoms with van der Waals surface area (Å²) in [7, 11) is 0. The second-order valence-electron chi connectivity index (χ2n) is 4.24. The lowest BCUT2D eigenvalue weighted by molar-refractivity contribution is 0.129. The van der Waals surface area contributed by atoms with Crippen molar-refractivity contribution in [1.82, 2.24) is 0 Å². The van der Waals surface area contributed by atoms with Crippen LogP contribution in [-0.2, 0) is 11.2 Å². The summed E-state index contributed by atoms with van der Waals surface area (Å²) in [5.74, 6) is 1.02. The van der Waals surface area contributed by atoms with E-state index in [4.69, 9.17) is 22.1 Å². The number of hydrogen-bond donors (Lipinski definition) is 1. The average molecular weight is 272 g/mol. The van der Waals surface area contributed by atoms with E-state index in [1.165, 1.54) is 17.7 Å². The van der Waals surface area contributed by atoms with Gasteiger partial charge in [-0.3, -0.25) is 0 Å². The van der Waals surface area contributed by atoms with Gasteiger partial charge in [0.1, 0.15) is 0 Å². The van der Waals surface area contributed by atoms with Crippen LogP contribution in [0, 0.1) is 0 Å². The topological polar surface area (TPSA) is 35.2 Å². The molecule has 1 saturated heterocycles. The molecule has 0 aromatic heterocycles. The molecule has 1 heterocycles. The van der Waals surface area contributed by atoms with E-state index in [1.807, 2.05) is 17.8 Å². The molecule has 1 aliphatic rings. The summed E-state index contributed by atoms with van der Waals surface area (Å²) in [4.78, 5) is 1.21. The summed E-state index contributed by atoms with van der Waals surface area (Å²) in [5, 5.41) is 0.827. The Labute approximate surface area is 112 Å². The highest BCUT2D eigenvalue weighted by Gasteiger charge is 2.15. The van der Waals surface area contributed by atoms with Crippen LogP contribution >= 0.6 is 23.4 Å². The maximum absolute atomic E-state index is 6.20. The van der Waals surface area contributed by atoms with Gasteiger partial charge in [-0.25, -0.2) is 0 Å². The van der Waals surface area contributed by atoms with Crippen molar-refractivity contribution in [3.63, 3.8) is 0 Å². The molecule has 1 unspecified atom stereocenters. The Morgan fingerprint density at radius 3 is 3.00 bits per heavy atom. The van der Waals surface area contributed by atoms with Gasteiger partial charge in [0.15, 0.2) is 0 Å². The van der Waals surface area contributed by atoms with Crippen LogP contribution in [0.3, 0.4) is 0 Å². The molecule has 0 bridgehead atoms. The molecular weight excluding hydrogens is 254 g/mol. The first-order chi connectivity index (χ1) is 8.29. The van der Waals surface area contributed by atoms with Gasteiger partial charge in [0.25, 0.3) is 0 Å². The number of halogens is 1. The second-order valence-corrected chi connectivity index (χ2v) is 5.74. The lowest BCUT2D eigenvalue weighted by Crippen LogP contribution is -2.07. The van der Waals surface area contributed by atoms with Crippen LogP contribution < -0.4 is 5.73 Å². The van der Waals surface area contributed by atoms with Crippen molar-refractivity contribution in [1.29, 1.82) is 0 Å². The first-order valence-electron chi connectivity index (χ1n) is 6.02. The normalized spacial score (nSPS) is 19.8. The fraction of sp³-hybridized carbons (Fsp3) is 0.538. The zero-order chi connectivity index (χ0) is 12.1. The summed E-state index contributed by atoms with van der Waals surface area (Å²) in [5.41, 5.74) is 6.66. The number of rotatable bonds is 5. The predicted octanol–water partition coefficient (Wildman–Crippen LogP) is 3.11. The Morgan fingerprint density at radius 1 is 1.47 bits per heavy atom. The summed E-state index contributed by atoms with van der Waals surface area (Å²) >= 11 is 8.02. The van der Waals surface area contributed by atoms with E-state index in [1.54, 1.807) is 0 Å². The number of benzene rings is 1. The molecule has 1 aromatic carbocycles. The highest BCUT2D eigenvalue weighted by molar-refractivity contribution is 7.99. The average Bonchev–Trinajstić information content (AvgIpc) is 2.83. The van der Waals surface area contributed by atoms with E-state index in [2.05, 4.69) is 12.1 Å². The second kappa shape index (κ2) is 6.64. The van der Waals surface area contributed by atoms with Crippen LogP contribution in [0.5, 0.6) is 0 Å². The molecule has 2 N–H and O–H groups in total. The Hall–Kier alpha value is -0.220. The summed E-state index contributed by atoms with van der Waals surface area (Å²) < 4.78 is 5.60. The SMILES string of the molecule is NCCc1ccc(SCC2CCCO2)cc1Cl. The first-order valence-corrected chi connectivity index (χ1v) is 7.39. The predicted molar refractivity (Wildman–Crippen MR) is 73.9 cm³/mol. The monoisotopic (exact) mass is 271 g/mol. The van der Waals surface area contributed by atoms with Gasteiger partial charge in [-0.2, -0.15) is 0 Å². The molecular formula is C13H18ClNOS. The van der Waals surface area contributed by atoms with Crippen molar-refractivity contribution < 1.29 is 4.74 Å². The van der Waals surface area contributed by atoms with Crippen LogP contribution in [0.2, 0.25) is 5.02 Å². The maximum atomic E-state index is 6.20. The maximum Gasteiger partial charge on any atom is 0.0669 e. The smallest absolute Gasteiger partial charge is 0.0669 e. The lowest BCUT2D eigenvalue weighted by atomic mass is 10.1. The van der Waals surface area contributed by atoms with E-state index in [9.17, 15) is 0 Å². The van der Waals surface area contributed by atoms with Crippen LogP contribution in [-0.4, -0.2) is 25.0 Å².